The number of nitrogens with one attached hydrogen (secondary N) is 1. The molecule has 0 saturated heterocycles. The van der Waals surface area contributed by atoms with E-state index in [1.165, 1.54) is 0 Å². The van der Waals surface area contributed by atoms with Crippen molar-refractivity contribution in [1.29, 1.82) is 0 Å². The molecule has 0 spiro atoms. The molecular weight excluding hydrogens is 201 g/mol. The summed E-state index contributed by atoms with van der Waals surface area (Å²) in [6, 6.07) is 0. The average Bonchev–Trinajstić information content (AvgIpc) is 1.78. The number of halogens is 1. The SMILES string of the molecule is CC(C)(C)COC(=O)NS(=O)(=O)F. The third-order valence-corrected chi connectivity index (χ3v) is 1.25. The van der Waals surface area contributed by atoms with E-state index >= 15 is 0 Å². The predicted octanol–water partition coefficient (Wildman–Crippen LogP) is 0.973. The Kier molecular flexibility index (Phi) is 3.65. The van der Waals surface area contributed by atoms with Gasteiger partial charge in [-0.05, 0) is 5.41 Å². The van der Waals surface area contributed by atoms with Crippen LogP contribution in [0, 0.1) is 5.41 Å². The molecule has 0 atom stereocenters. The predicted molar refractivity (Wildman–Crippen MR) is 44.0 cm³/mol. The lowest BCUT2D eigenvalue weighted by atomic mass is 9.99. The summed E-state index contributed by atoms with van der Waals surface area (Å²) in [6.45, 7) is 5.35. The maximum Gasteiger partial charge on any atom is 0.422 e. The van der Waals surface area contributed by atoms with Gasteiger partial charge in [-0.25, -0.2) is 4.79 Å². The van der Waals surface area contributed by atoms with Gasteiger partial charge < -0.3 is 4.74 Å². The molecule has 78 valence electrons. The van der Waals surface area contributed by atoms with Crippen LogP contribution >= 0.6 is 0 Å². The highest BCUT2D eigenvalue weighted by molar-refractivity contribution is 7.84. The summed E-state index contributed by atoms with van der Waals surface area (Å²) in [7, 11) is -5.02. The Morgan fingerprint density at radius 1 is 1.46 bits per heavy atom. The molecule has 0 radical (unpaired) electrons. The summed E-state index contributed by atoms with van der Waals surface area (Å²) in [5.74, 6) is 0. The molecule has 0 rings (SSSR count). The van der Waals surface area contributed by atoms with Crippen LogP contribution in [0.3, 0.4) is 0 Å². The molecule has 0 aromatic carbocycles. The maximum atomic E-state index is 11.8. The van der Waals surface area contributed by atoms with Crippen LogP contribution in [0.2, 0.25) is 0 Å². The Morgan fingerprint density at radius 3 is 2.23 bits per heavy atom. The van der Waals surface area contributed by atoms with Gasteiger partial charge in [0.1, 0.15) is 0 Å². The standard InChI is InChI=1S/C6H12FNO4S/c1-6(2,3)4-12-5(9)8-13(7,10)11/h4H2,1-3H3,(H,8,9). The normalized spacial score (nSPS) is 12.3. The summed E-state index contributed by atoms with van der Waals surface area (Å²) in [5.41, 5.74) is -0.294. The number of ether oxygens (including phenoxy) is 1. The number of carbonyl (C=O) groups excluding carboxylic acids is 1. The molecule has 1 amide bonds. The van der Waals surface area contributed by atoms with Crippen LogP contribution in [0.15, 0.2) is 0 Å². The van der Waals surface area contributed by atoms with Crippen LogP contribution in [-0.4, -0.2) is 21.1 Å². The molecule has 0 aliphatic rings. The Bertz CT molecular complexity index is 279. The fourth-order valence-corrected chi connectivity index (χ4v) is 0.669. The van der Waals surface area contributed by atoms with Crippen molar-refractivity contribution in [2.45, 2.75) is 20.8 Å². The fraction of sp³-hybridized carbons (Fsp3) is 0.833. The van der Waals surface area contributed by atoms with Gasteiger partial charge in [-0.15, -0.1) is 0 Å². The van der Waals surface area contributed by atoms with Crippen LogP contribution in [0.1, 0.15) is 20.8 Å². The van der Waals surface area contributed by atoms with Gasteiger partial charge in [0.15, 0.2) is 0 Å². The molecule has 0 heterocycles. The largest absolute Gasteiger partial charge is 0.448 e. The molecule has 13 heavy (non-hydrogen) atoms. The highest BCUT2D eigenvalue weighted by Crippen LogP contribution is 2.12. The molecule has 0 saturated carbocycles. The van der Waals surface area contributed by atoms with Gasteiger partial charge in [-0.3, -0.25) is 0 Å². The van der Waals surface area contributed by atoms with Crippen molar-refractivity contribution in [3.63, 3.8) is 0 Å². The molecule has 0 aromatic rings. The Balaban J connectivity index is 3.92. The van der Waals surface area contributed by atoms with Gasteiger partial charge in [-0.1, -0.05) is 24.7 Å². The number of rotatable bonds is 2. The number of hydrogen-bond donors (Lipinski definition) is 1. The zero-order valence-electron chi connectivity index (χ0n) is 7.63. The third-order valence-electron chi connectivity index (χ3n) is 0.842. The minimum absolute atomic E-state index is 0.00829. The molecule has 0 unspecified atom stereocenters. The summed E-state index contributed by atoms with van der Waals surface area (Å²) in [6.07, 6.45) is -1.31. The molecule has 0 fully saturated rings. The van der Waals surface area contributed by atoms with Gasteiger partial charge in [0, 0.05) is 0 Å². The van der Waals surface area contributed by atoms with E-state index in [4.69, 9.17) is 0 Å². The summed E-state index contributed by atoms with van der Waals surface area (Å²) in [4.78, 5) is 10.6. The summed E-state index contributed by atoms with van der Waals surface area (Å²) < 4.78 is 37.0. The second-order valence-corrected chi connectivity index (χ2v) is 4.76. The Labute approximate surface area is 76.6 Å². The summed E-state index contributed by atoms with van der Waals surface area (Å²) >= 11 is 0. The molecule has 0 bridgehead atoms. The molecular formula is C6H12FNO4S. The topological polar surface area (TPSA) is 72.5 Å². The molecule has 0 aromatic heterocycles. The quantitative estimate of drug-likeness (QED) is 0.694. The molecule has 7 heteroatoms. The van der Waals surface area contributed by atoms with Gasteiger partial charge in [-0.2, -0.15) is 13.1 Å². The van der Waals surface area contributed by atoms with E-state index in [0.29, 0.717) is 0 Å². The van der Waals surface area contributed by atoms with Crippen LogP contribution in [0.5, 0.6) is 0 Å². The van der Waals surface area contributed by atoms with Crippen LogP contribution in [-0.2, 0) is 15.1 Å². The minimum atomic E-state index is -5.02. The first-order valence-electron chi connectivity index (χ1n) is 3.49. The lowest BCUT2D eigenvalue weighted by Gasteiger charge is -2.17. The lowest BCUT2D eigenvalue weighted by molar-refractivity contribution is 0.111. The fourth-order valence-electron chi connectivity index (χ4n) is 0.411. The highest BCUT2D eigenvalue weighted by atomic mass is 32.3. The van der Waals surface area contributed by atoms with Crippen molar-refractivity contribution in [2.75, 3.05) is 6.61 Å². The second-order valence-electron chi connectivity index (χ2n) is 3.68. The Hall–Kier alpha value is -0.850. The highest BCUT2D eigenvalue weighted by Gasteiger charge is 2.17. The molecule has 1 N–H and O–H groups in total. The van der Waals surface area contributed by atoms with Crippen LogP contribution in [0.4, 0.5) is 8.68 Å². The number of carbonyl (C=O) groups is 1. The zero-order valence-corrected chi connectivity index (χ0v) is 8.44. The first kappa shape index (κ1) is 12.2. The summed E-state index contributed by atoms with van der Waals surface area (Å²) in [5, 5.41) is 0. The van der Waals surface area contributed by atoms with Crippen molar-refractivity contribution in [1.82, 2.24) is 4.72 Å². The Morgan fingerprint density at radius 2 is 1.92 bits per heavy atom. The van der Waals surface area contributed by atoms with Crippen molar-refractivity contribution in [3.8, 4) is 0 Å². The monoisotopic (exact) mass is 213 g/mol. The lowest BCUT2D eigenvalue weighted by Crippen LogP contribution is -2.30. The molecule has 5 nitrogen and oxygen atoms in total. The van der Waals surface area contributed by atoms with Crippen LogP contribution < -0.4 is 4.72 Å². The maximum absolute atomic E-state index is 11.8. The van der Waals surface area contributed by atoms with E-state index in [-0.39, 0.29) is 12.0 Å². The second kappa shape index (κ2) is 3.91. The number of hydrogen-bond acceptors (Lipinski definition) is 4. The van der Waals surface area contributed by atoms with Gasteiger partial charge >= 0.3 is 16.5 Å². The first-order chi connectivity index (χ1) is 5.60. The van der Waals surface area contributed by atoms with Gasteiger partial charge in [0.05, 0.1) is 6.61 Å². The average molecular weight is 213 g/mol. The van der Waals surface area contributed by atoms with Crippen molar-refractivity contribution < 1.29 is 21.8 Å². The van der Waals surface area contributed by atoms with Gasteiger partial charge in [0.2, 0.25) is 0 Å². The van der Waals surface area contributed by atoms with Gasteiger partial charge in [0.25, 0.3) is 0 Å². The third kappa shape index (κ3) is 9.06. The smallest absolute Gasteiger partial charge is 0.422 e. The van der Waals surface area contributed by atoms with E-state index < -0.39 is 16.5 Å². The zero-order chi connectivity index (χ0) is 10.7. The van der Waals surface area contributed by atoms with Crippen molar-refractivity contribution >= 4 is 16.5 Å². The van der Waals surface area contributed by atoms with E-state index in [9.17, 15) is 17.1 Å². The molecule has 0 aliphatic heterocycles. The van der Waals surface area contributed by atoms with E-state index in [0.717, 1.165) is 4.72 Å². The molecule has 0 aliphatic carbocycles. The van der Waals surface area contributed by atoms with E-state index in [1.54, 1.807) is 20.8 Å². The van der Waals surface area contributed by atoms with E-state index in [2.05, 4.69) is 4.74 Å². The van der Waals surface area contributed by atoms with E-state index in [1.807, 2.05) is 0 Å². The van der Waals surface area contributed by atoms with Crippen molar-refractivity contribution in [3.05, 3.63) is 0 Å². The minimum Gasteiger partial charge on any atom is -0.448 e. The first-order valence-corrected chi connectivity index (χ1v) is 4.88. The van der Waals surface area contributed by atoms with Crippen LogP contribution in [0.25, 0.3) is 0 Å². The van der Waals surface area contributed by atoms with Crippen molar-refractivity contribution in [2.24, 2.45) is 5.41 Å². The number of amides is 1.